The third-order valence-corrected chi connectivity index (χ3v) is 3.57. The topological polar surface area (TPSA) is 79.6 Å². The molecule has 1 unspecified atom stereocenters. The van der Waals surface area contributed by atoms with E-state index < -0.39 is 28.9 Å². The predicted octanol–water partition coefficient (Wildman–Crippen LogP) is 0.680. The normalized spacial score (nSPS) is 47.6. The highest BCUT2D eigenvalue weighted by molar-refractivity contribution is 5.67. The Balaban J connectivity index is 2.49. The third-order valence-electron chi connectivity index (χ3n) is 3.57. The smallest absolute Gasteiger partial charge is 0.304 e. The fourth-order valence-corrected chi connectivity index (χ4v) is 2.64. The summed E-state index contributed by atoms with van der Waals surface area (Å²) in [6, 6.07) is 2.04. The predicted molar refractivity (Wildman–Crippen MR) is 57.8 cm³/mol. The summed E-state index contributed by atoms with van der Waals surface area (Å²) in [7, 11) is 0. The Morgan fingerprint density at radius 1 is 1.65 bits per heavy atom. The van der Waals surface area contributed by atoms with Gasteiger partial charge in [-0.05, 0) is 19.9 Å². The summed E-state index contributed by atoms with van der Waals surface area (Å²) in [5.74, 6) is -0.532. The third kappa shape index (κ3) is 1.48. The van der Waals surface area contributed by atoms with E-state index in [4.69, 9.17) is 9.47 Å². The number of aliphatic hydroxyl groups excluding tert-OH is 1. The van der Waals surface area contributed by atoms with Gasteiger partial charge in [0.05, 0.1) is 0 Å². The van der Waals surface area contributed by atoms with Crippen LogP contribution in [0.25, 0.3) is 0 Å². The molecule has 0 aromatic carbocycles. The summed E-state index contributed by atoms with van der Waals surface area (Å²) in [6.07, 6.45) is 2.53. The van der Waals surface area contributed by atoms with Gasteiger partial charge in [0, 0.05) is 13.3 Å². The molecule has 5 nitrogen and oxygen atoms in total. The summed E-state index contributed by atoms with van der Waals surface area (Å²) in [5, 5.41) is 19.2. The minimum Gasteiger partial charge on any atom is -0.440 e. The molecular weight excluding hydrogens is 222 g/mol. The molecule has 1 saturated heterocycles. The zero-order valence-electron chi connectivity index (χ0n) is 10.1. The first-order chi connectivity index (χ1) is 7.77. The van der Waals surface area contributed by atoms with Crippen molar-refractivity contribution in [3.8, 4) is 6.07 Å². The molecule has 4 atom stereocenters. The van der Waals surface area contributed by atoms with Crippen LogP contribution in [0.15, 0.2) is 12.2 Å². The second-order valence-electron chi connectivity index (χ2n) is 5.03. The molecule has 1 fully saturated rings. The molecule has 1 N–H and O–H groups in total. The summed E-state index contributed by atoms with van der Waals surface area (Å²) < 4.78 is 10.9. The van der Waals surface area contributed by atoms with Gasteiger partial charge in [-0.15, -0.1) is 0 Å². The average molecular weight is 237 g/mol. The number of nitriles is 1. The molecule has 0 aromatic rings. The first kappa shape index (κ1) is 12.1. The van der Waals surface area contributed by atoms with E-state index in [0.717, 1.165) is 0 Å². The SMILES string of the molecule is CC(=O)OC1(C#N)C[C@]2(C)O[C@@]1(C)C=C[C@@H]2O. The van der Waals surface area contributed by atoms with E-state index in [1.807, 2.05) is 6.07 Å². The largest absolute Gasteiger partial charge is 0.440 e. The Morgan fingerprint density at radius 2 is 2.29 bits per heavy atom. The van der Waals surface area contributed by atoms with Crippen molar-refractivity contribution in [2.75, 3.05) is 0 Å². The summed E-state index contributed by atoms with van der Waals surface area (Å²) in [4.78, 5) is 11.2. The lowest BCUT2D eigenvalue weighted by molar-refractivity contribution is -0.168. The summed E-state index contributed by atoms with van der Waals surface area (Å²) in [6.45, 7) is 4.65. The van der Waals surface area contributed by atoms with Gasteiger partial charge in [0.1, 0.15) is 23.4 Å². The molecule has 92 valence electrons. The molecule has 0 aliphatic carbocycles. The van der Waals surface area contributed by atoms with Gasteiger partial charge in [-0.3, -0.25) is 4.79 Å². The van der Waals surface area contributed by atoms with Crippen molar-refractivity contribution in [1.82, 2.24) is 0 Å². The molecule has 0 radical (unpaired) electrons. The molecule has 0 spiro atoms. The maximum absolute atomic E-state index is 11.2. The van der Waals surface area contributed by atoms with E-state index >= 15 is 0 Å². The monoisotopic (exact) mass is 237 g/mol. The summed E-state index contributed by atoms with van der Waals surface area (Å²) in [5.41, 5.74) is -3.28. The number of aliphatic hydroxyl groups is 1. The Bertz CT molecular complexity index is 440. The van der Waals surface area contributed by atoms with Crippen molar-refractivity contribution in [2.45, 2.75) is 50.1 Å². The lowest BCUT2D eigenvalue weighted by Gasteiger charge is -2.37. The van der Waals surface area contributed by atoms with Gasteiger partial charge < -0.3 is 14.6 Å². The number of carbonyl (C=O) groups excluding carboxylic acids is 1. The Hall–Kier alpha value is -1.38. The van der Waals surface area contributed by atoms with Crippen LogP contribution in [0.5, 0.6) is 0 Å². The molecule has 0 saturated carbocycles. The molecule has 17 heavy (non-hydrogen) atoms. The van der Waals surface area contributed by atoms with Gasteiger partial charge in [0.15, 0.2) is 0 Å². The first-order valence-corrected chi connectivity index (χ1v) is 5.45. The number of hydrogen-bond donors (Lipinski definition) is 1. The summed E-state index contributed by atoms with van der Waals surface area (Å²) >= 11 is 0. The van der Waals surface area contributed by atoms with Crippen molar-refractivity contribution in [3.05, 3.63) is 12.2 Å². The molecular formula is C12H15NO4. The van der Waals surface area contributed by atoms with Crippen molar-refractivity contribution in [3.63, 3.8) is 0 Å². The maximum atomic E-state index is 11.2. The fraction of sp³-hybridized carbons (Fsp3) is 0.667. The Labute approximate surface area is 99.6 Å². The van der Waals surface area contributed by atoms with Crippen LogP contribution in [0.2, 0.25) is 0 Å². The highest BCUT2D eigenvalue weighted by Crippen LogP contribution is 2.52. The van der Waals surface area contributed by atoms with Crippen LogP contribution in [-0.2, 0) is 14.3 Å². The number of ether oxygens (including phenoxy) is 2. The van der Waals surface area contributed by atoms with Gasteiger partial charge in [-0.2, -0.15) is 5.26 Å². The van der Waals surface area contributed by atoms with Crippen LogP contribution < -0.4 is 0 Å². The van der Waals surface area contributed by atoms with Crippen LogP contribution in [-0.4, -0.2) is 34.0 Å². The van der Waals surface area contributed by atoms with Gasteiger partial charge in [0.2, 0.25) is 5.60 Å². The standard InChI is InChI=1S/C12H15NO4/c1-8(14)16-12(7-13)6-10(2)9(15)4-5-11(12,3)17-10/h4-5,9,15H,6H2,1-3H3/t9-,10-,11-,12?/m0/s1. The van der Waals surface area contributed by atoms with Crippen LogP contribution in [0, 0.1) is 11.3 Å². The van der Waals surface area contributed by atoms with Crippen molar-refractivity contribution in [1.29, 1.82) is 5.26 Å². The molecule has 2 aliphatic rings. The number of rotatable bonds is 1. The minimum atomic E-state index is -1.37. The lowest BCUT2D eigenvalue weighted by atomic mass is 9.83. The van der Waals surface area contributed by atoms with Crippen LogP contribution in [0.4, 0.5) is 0 Å². The van der Waals surface area contributed by atoms with E-state index in [-0.39, 0.29) is 6.42 Å². The number of fused-ring (bicyclic) bond motifs is 2. The van der Waals surface area contributed by atoms with Crippen LogP contribution in [0.3, 0.4) is 0 Å². The number of carbonyl (C=O) groups is 1. The zero-order chi connectivity index (χ0) is 12.9. The van der Waals surface area contributed by atoms with E-state index in [2.05, 4.69) is 0 Å². The molecule has 2 rings (SSSR count). The zero-order valence-corrected chi connectivity index (χ0v) is 10.1. The van der Waals surface area contributed by atoms with E-state index in [0.29, 0.717) is 0 Å². The second-order valence-corrected chi connectivity index (χ2v) is 5.03. The number of hydrogen-bond acceptors (Lipinski definition) is 5. The molecule has 5 heteroatoms. The molecule has 2 heterocycles. The average Bonchev–Trinajstić information content (AvgIpc) is 2.40. The lowest BCUT2D eigenvalue weighted by Crippen LogP contribution is -2.50. The van der Waals surface area contributed by atoms with E-state index in [9.17, 15) is 15.2 Å². The van der Waals surface area contributed by atoms with Gasteiger partial charge in [-0.25, -0.2) is 0 Å². The van der Waals surface area contributed by atoms with Crippen LogP contribution >= 0.6 is 0 Å². The van der Waals surface area contributed by atoms with Crippen molar-refractivity contribution in [2.24, 2.45) is 0 Å². The fourth-order valence-electron chi connectivity index (χ4n) is 2.64. The van der Waals surface area contributed by atoms with E-state index in [1.165, 1.54) is 6.92 Å². The highest BCUT2D eigenvalue weighted by atomic mass is 16.6. The van der Waals surface area contributed by atoms with Gasteiger partial charge in [0.25, 0.3) is 0 Å². The number of nitrogens with zero attached hydrogens (tertiary/aromatic N) is 1. The molecule has 2 aliphatic heterocycles. The highest BCUT2D eigenvalue weighted by Gasteiger charge is 2.66. The molecule has 2 bridgehead atoms. The maximum Gasteiger partial charge on any atom is 0.304 e. The molecule has 0 amide bonds. The number of esters is 1. The van der Waals surface area contributed by atoms with Crippen molar-refractivity contribution >= 4 is 5.97 Å². The van der Waals surface area contributed by atoms with E-state index in [1.54, 1.807) is 26.0 Å². The minimum absolute atomic E-state index is 0.154. The Morgan fingerprint density at radius 3 is 2.76 bits per heavy atom. The Kier molecular flexibility index (Phi) is 2.35. The quantitative estimate of drug-likeness (QED) is 0.536. The van der Waals surface area contributed by atoms with Gasteiger partial charge in [-0.1, -0.05) is 6.08 Å². The molecule has 0 aromatic heterocycles. The van der Waals surface area contributed by atoms with Gasteiger partial charge >= 0.3 is 5.97 Å². The first-order valence-electron chi connectivity index (χ1n) is 5.45. The van der Waals surface area contributed by atoms with Crippen LogP contribution in [0.1, 0.15) is 27.2 Å². The second kappa shape index (κ2) is 3.31. The van der Waals surface area contributed by atoms with Crippen molar-refractivity contribution < 1.29 is 19.4 Å².